The van der Waals surface area contributed by atoms with E-state index in [9.17, 15) is 19.2 Å². The second kappa shape index (κ2) is 5.71. The van der Waals surface area contributed by atoms with Gasteiger partial charge in [-0.1, -0.05) is 12.1 Å². The van der Waals surface area contributed by atoms with Gasteiger partial charge < -0.3 is 15.0 Å². The number of rotatable bonds is 4. The first-order valence-electron chi connectivity index (χ1n) is 6.88. The lowest BCUT2D eigenvalue weighted by atomic mass is 10.0. The predicted molar refractivity (Wildman–Crippen MR) is 83.3 cm³/mol. The molecule has 2 rings (SSSR count). The Hall–Kier alpha value is -2.90. The number of aromatic nitrogens is 2. The zero-order valence-corrected chi connectivity index (χ0v) is 13.0. The Kier molecular flexibility index (Phi) is 4.09. The maximum Gasteiger partial charge on any atom is 0.329 e. The average molecular weight is 319 g/mol. The van der Waals surface area contributed by atoms with E-state index in [0.717, 1.165) is 9.47 Å². The smallest absolute Gasteiger partial charge is 0.329 e. The van der Waals surface area contributed by atoms with Crippen molar-refractivity contribution in [2.75, 3.05) is 7.05 Å². The van der Waals surface area contributed by atoms with Gasteiger partial charge in [0.1, 0.15) is 12.1 Å². The molecule has 122 valence electrons. The van der Waals surface area contributed by atoms with E-state index in [1.54, 1.807) is 24.3 Å². The maximum atomic E-state index is 12.3. The minimum absolute atomic E-state index is 0.278. The van der Waals surface area contributed by atoms with Crippen molar-refractivity contribution in [3.63, 3.8) is 0 Å². The Morgan fingerprint density at radius 3 is 2.48 bits per heavy atom. The van der Waals surface area contributed by atoms with Crippen LogP contribution in [-0.2, 0) is 16.1 Å². The van der Waals surface area contributed by atoms with Crippen molar-refractivity contribution < 1.29 is 14.7 Å². The number of nitrogens with zero attached hydrogens (tertiary/aromatic N) is 2. The second-order valence-electron chi connectivity index (χ2n) is 5.68. The Morgan fingerprint density at radius 1 is 1.26 bits per heavy atom. The normalized spacial score (nSPS) is 11.4. The number of carboxylic acids is 1. The van der Waals surface area contributed by atoms with E-state index >= 15 is 0 Å². The largest absolute Gasteiger partial charge is 0.480 e. The topological polar surface area (TPSA) is 112 Å². The number of hydrogen-bond acceptors (Lipinski definition) is 4. The van der Waals surface area contributed by atoms with Crippen LogP contribution in [0.3, 0.4) is 0 Å². The first-order chi connectivity index (χ1) is 10.7. The number of carboxylic acid groups (broad SMARTS) is 1. The first-order valence-corrected chi connectivity index (χ1v) is 6.88. The molecule has 2 aromatic rings. The van der Waals surface area contributed by atoms with E-state index in [0.29, 0.717) is 5.52 Å². The third-order valence-corrected chi connectivity index (χ3v) is 3.92. The fourth-order valence-corrected chi connectivity index (χ4v) is 2.04. The molecule has 23 heavy (non-hydrogen) atoms. The van der Waals surface area contributed by atoms with Crippen molar-refractivity contribution in [2.45, 2.75) is 25.9 Å². The lowest BCUT2D eigenvalue weighted by Crippen LogP contribution is -2.53. The van der Waals surface area contributed by atoms with Crippen LogP contribution in [0, 0.1) is 0 Å². The number of hydrogen-bond donors (Lipinski definition) is 2. The number of carbonyl (C=O) groups excluding carboxylic acids is 1. The second-order valence-corrected chi connectivity index (χ2v) is 5.68. The number of likely N-dealkylation sites (N-methyl/N-ethyl adjacent to an activating group) is 1. The van der Waals surface area contributed by atoms with E-state index < -0.39 is 35.2 Å². The molecule has 0 aliphatic rings. The number of aliphatic carboxylic acids is 1. The Morgan fingerprint density at radius 2 is 1.87 bits per heavy atom. The van der Waals surface area contributed by atoms with Crippen LogP contribution in [0.5, 0.6) is 0 Å². The monoisotopic (exact) mass is 319 g/mol. The fourth-order valence-electron chi connectivity index (χ4n) is 2.04. The molecule has 1 heterocycles. The van der Waals surface area contributed by atoms with Gasteiger partial charge in [0.15, 0.2) is 0 Å². The van der Waals surface area contributed by atoms with Crippen molar-refractivity contribution in [1.82, 2.24) is 14.5 Å². The van der Waals surface area contributed by atoms with Gasteiger partial charge in [0, 0.05) is 7.05 Å². The summed E-state index contributed by atoms with van der Waals surface area (Å²) in [6.07, 6.45) is 0. The molecule has 0 saturated heterocycles. The van der Waals surface area contributed by atoms with Gasteiger partial charge in [-0.2, -0.15) is 0 Å². The zero-order valence-electron chi connectivity index (χ0n) is 13.0. The van der Waals surface area contributed by atoms with Gasteiger partial charge in [0.25, 0.3) is 5.56 Å². The number of benzene rings is 1. The van der Waals surface area contributed by atoms with Crippen LogP contribution in [0.15, 0.2) is 33.9 Å². The quantitative estimate of drug-likeness (QED) is 0.824. The number of nitrogens with one attached hydrogen (secondary N) is 1. The fraction of sp³-hybridized carbons (Fsp3) is 0.333. The molecule has 0 aliphatic carbocycles. The number of H-pyrrole nitrogens is 1. The summed E-state index contributed by atoms with van der Waals surface area (Å²) in [7, 11) is 1.32. The van der Waals surface area contributed by atoms with E-state index in [2.05, 4.69) is 4.98 Å². The minimum atomic E-state index is -1.45. The molecule has 0 saturated carbocycles. The van der Waals surface area contributed by atoms with Crippen LogP contribution >= 0.6 is 0 Å². The first kappa shape index (κ1) is 16.5. The van der Waals surface area contributed by atoms with Gasteiger partial charge >= 0.3 is 11.7 Å². The summed E-state index contributed by atoms with van der Waals surface area (Å²) in [4.78, 5) is 51.3. The van der Waals surface area contributed by atoms with E-state index in [-0.39, 0.29) is 5.39 Å². The van der Waals surface area contributed by atoms with Crippen LogP contribution in [-0.4, -0.2) is 44.0 Å². The number of aromatic amines is 1. The summed E-state index contributed by atoms with van der Waals surface area (Å²) in [6, 6.07) is 6.45. The van der Waals surface area contributed by atoms with Gasteiger partial charge in [-0.15, -0.1) is 0 Å². The third kappa shape index (κ3) is 2.87. The molecule has 0 aliphatic heterocycles. The molecule has 0 fully saturated rings. The highest BCUT2D eigenvalue weighted by atomic mass is 16.4. The summed E-state index contributed by atoms with van der Waals surface area (Å²) >= 11 is 0. The van der Waals surface area contributed by atoms with Crippen molar-refractivity contribution in [2.24, 2.45) is 0 Å². The highest BCUT2D eigenvalue weighted by molar-refractivity contribution is 5.86. The van der Waals surface area contributed by atoms with E-state index in [1.807, 2.05) is 0 Å². The minimum Gasteiger partial charge on any atom is -0.480 e. The third-order valence-electron chi connectivity index (χ3n) is 3.92. The Labute approximate surface area is 131 Å². The number of amides is 1. The molecule has 2 N–H and O–H groups in total. The van der Waals surface area contributed by atoms with Gasteiger partial charge in [-0.3, -0.25) is 14.2 Å². The number of para-hydroxylation sites is 1. The molecule has 8 heteroatoms. The van der Waals surface area contributed by atoms with Crippen molar-refractivity contribution >= 4 is 22.8 Å². The molecule has 8 nitrogen and oxygen atoms in total. The van der Waals surface area contributed by atoms with Crippen LogP contribution in [0.1, 0.15) is 13.8 Å². The maximum absolute atomic E-state index is 12.3. The Bertz CT molecular complexity index is 894. The number of fused-ring (bicyclic) bond motifs is 1. The zero-order chi connectivity index (χ0) is 17.4. The molecular formula is C15H17N3O5. The van der Waals surface area contributed by atoms with Gasteiger partial charge in [-0.25, -0.2) is 9.59 Å². The van der Waals surface area contributed by atoms with Gasteiger partial charge in [0.2, 0.25) is 5.91 Å². The standard InChI is InChI=1S/C15H17N3O5/c1-15(2,13(21)22)17(3)11(19)8-18-12(20)9-6-4-5-7-10(9)16-14(18)23/h4-7H,8H2,1-3H3,(H,16,23)(H,21,22). The highest BCUT2D eigenvalue weighted by Gasteiger charge is 2.35. The molecule has 1 amide bonds. The van der Waals surface area contributed by atoms with Crippen molar-refractivity contribution in [3.8, 4) is 0 Å². The molecule has 1 aromatic carbocycles. The summed E-state index contributed by atoms with van der Waals surface area (Å²) in [5.41, 5.74) is -2.39. The summed E-state index contributed by atoms with van der Waals surface area (Å²) in [5, 5.41) is 9.42. The SMILES string of the molecule is CN(C(=O)Cn1c(=O)[nH]c2ccccc2c1=O)C(C)(C)C(=O)O. The van der Waals surface area contributed by atoms with Crippen LogP contribution in [0.2, 0.25) is 0 Å². The van der Waals surface area contributed by atoms with E-state index in [1.165, 1.54) is 20.9 Å². The molecular weight excluding hydrogens is 302 g/mol. The van der Waals surface area contributed by atoms with Gasteiger partial charge in [0.05, 0.1) is 10.9 Å². The highest BCUT2D eigenvalue weighted by Crippen LogP contribution is 2.13. The van der Waals surface area contributed by atoms with Crippen molar-refractivity contribution in [3.05, 3.63) is 45.1 Å². The molecule has 0 atom stereocenters. The van der Waals surface area contributed by atoms with E-state index in [4.69, 9.17) is 5.11 Å². The van der Waals surface area contributed by atoms with Crippen molar-refractivity contribution in [1.29, 1.82) is 0 Å². The molecule has 0 unspecified atom stereocenters. The lowest BCUT2D eigenvalue weighted by molar-refractivity contribution is -0.155. The molecule has 0 spiro atoms. The number of carbonyl (C=O) groups is 2. The summed E-state index contributed by atoms with van der Waals surface area (Å²) < 4.78 is 0.763. The summed E-state index contributed by atoms with van der Waals surface area (Å²) in [5.74, 6) is -1.84. The van der Waals surface area contributed by atoms with Crippen LogP contribution < -0.4 is 11.2 Å². The molecule has 0 bridgehead atoms. The predicted octanol–water partition coefficient (Wildman–Crippen LogP) is 0.0114. The molecule has 1 aromatic heterocycles. The lowest BCUT2D eigenvalue weighted by Gasteiger charge is -2.31. The van der Waals surface area contributed by atoms with Crippen LogP contribution in [0.25, 0.3) is 10.9 Å². The van der Waals surface area contributed by atoms with Gasteiger partial charge in [-0.05, 0) is 26.0 Å². The molecule has 0 radical (unpaired) electrons. The summed E-state index contributed by atoms with van der Waals surface area (Å²) in [6.45, 7) is 2.19. The average Bonchev–Trinajstić information content (AvgIpc) is 2.50. The Balaban J connectivity index is 2.43. The van der Waals surface area contributed by atoms with Crippen LogP contribution in [0.4, 0.5) is 0 Å².